The summed E-state index contributed by atoms with van der Waals surface area (Å²) in [5, 5.41) is 10.5. The van der Waals surface area contributed by atoms with Crippen LogP contribution in [-0.2, 0) is 22.4 Å². The third-order valence-corrected chi connectivity index (χ3v) is 4.80. The Kier molecular flexibility index (Phi) is 6.03. The Balaban J connectivity index is 2.05. The van der Waals surface area contributed by atoms with Gasteiger partial charge < -0.3 is 9.84 Å². The minimum absolute atomic E-state index is 0.197. The van der Waals surface area contributed by atoms with Crippen molar-refractivity contribution in [3.05, 3.63) is 71.8 Å². The van der Waals surface area contributed by atoms with Crippen LogP contribution in [0.3, 0.4) is 0 Å². The fourth-order valence-electron chi connectivity index (χ4n) is 2.44. The molecule has 0 aliphatic carbocycles. The van der Waals surface area contributed by atoms with E-state index in [1.807, 2.05) is 60.7 Å². The van der Waals surface area contributed by atoms with Crippen molar-refractivity contribution >= 4 is 17.6 Å². The van der Waals surface area contributed by atoms with E-state index in [1.165, 1.54) is 13.8 Å². The lowest BCUT2D eigenvalue weighted by Crippen LogP contribution is -2.54. The molecule has 2 rings (SSSR count). The second kappa shape index (κ2) is 7.82. The minimum Gasteiger partial charge on any atom is -0.464 e. The molecule has 0 aliphatic heterocycles. The number of hydrogen-bond acceptors (Lipinski definition) is 3. The first kappa shape index (κ1) is 18.5. The van der Waals surface area contributed by atoms with Gasteiger partial charge in [0.05, 0.1) is 12.2 Å². The number of carbonyl (C=O) groups excluding carboxylic acids is 1. The number of hydrogen-bond donors (Lipinski definition) is 1. The number of ether oxygens (including phenoxy) is 1. The zero-order valence-electron chi connectivity index (χ0n) is 14.0. The second-order valence-corrected chi connectivity index (χ2v) is 7.04. The van der Waals surface area contributed by atoms with Crippen molar-refractivity contribution < 1.29 is 14.6 Å². The zero-order chi connectivity index (χ0) is 17.6. The van der Waals surface area contributed by atoms with Gasteiger partial charge in [-0.3, -0.25) is 4.79 Å². The van der Waals surface area contributed by atoms with Gasteiger partial charge in [-0.1, -0.05) is 60.7 Å². The van der Waals surface area contributed by atoms with E-state index in [0.717, 1.165) is 11.1 Å². The average molecular weight is 347 g/mol. The topological polar surface area (TPSA) is 46.5 Å². The van der Waals surface area contributed by atoms with Crippen LogP contribution in [0.4, 0.5) is 0 Å². The van der Waals surface area contributed by atoms with Gasteiger partial charge in [0.25, 0.3) is 0 Å². The van der Waals surface area contributed by atoms with E-state index in [2.05, 4.69) is 0 Å². The molecule has 0 saturated carbocycles. The van der Waals surface area contributed by atoms with Gasteiger partial charge in [0.1, 0.15) is 0 Å². The second-order valence-electron chi connectivity index (χ2n) is 6.39. The third kappa shape index (κ3) is 4.59. The molecule has 3 nitrogen and oxygen atoms in total. The SMILES string of the molecule is CC(C)(O)C(Cl)(Cc1ccccc1)C(=O)OCCc1ccccc1. The van der Waals surface area contributed by atoms with Crippen LogP contribution in [0.15, 0.2) is 60.7 Å². The van der Waals surface area contributed by atoms with Gasteiger partial charge in [0.15, 0.2) is 4.87 Å². The van der Waals surface area contributed by atoms with Crippen LogP contribution in [0.5, 0.6) is 0 Å². The lowest BCUT2D eigenvalue weighted by molar-refractivity contribution is -0.153. The van der Waals surface area contributed by atoms with Crippen LogP contribution in [0.25, 0.3) is 0 Å². The number of esters is 1. The Morgan fingerprint density at radius 2 is 1.50 bits per heavy atom. The van der Waals surface area contributed by atoms with E-state index in [4.69, 9.17) is 16.3 Å². The number of rotatable bonds is 7. The summed E-state index contributed by atoms with van der Waals surface area (Å²) < 4.78 is 5.38. The molecule has 0 bridgehead atoms. The fourth-order valence-corrected chi connectivity index (χ4v) is 2.64. The van der Waals surface area contributed by atoms with E-state index in [1.54, 1.807) is 0 Å². The molecule has 0 amide bonds. The molecule has 0 spiro atoms. The first-order valence-corrected chi connectivity index (χ1v) is 8.37. The van der Waals surface area contributed by atoms with Gasteiger partial charge in [-0.05, 0) is 25.0 Å². The molecule has 0 aliphatic rings. The summed E-state index contributed by atoms with van der Waals surface area (Å²) in [7, 11) is 0. The number of carbonyl (C=O) groups is 1. The van der Waals surface area contributed by atoms with Gasteiger partial charge in [-0.25, -0.2) is 0 Å². The Hall–Kier alpha value is -1.84. The molecule has 0 fully saturated rings. The average Bonchev–Trinajstić information content (AvgIpc) is 2.55. The molecule has 1 atom stereocenters. The molecule has 2 aromatic carbocycles. The smallest absolute Gasteiger partial charge is 0.330 e. The molecular weight excluding hydrogens is 324 g/mol. The number of benzene rings is 2. The summed E-state index contributed by atoms with van der Waals surface area (Å²) in [5.41, 5.74) is 0.528. The molecule has 2 aromatic rings. The van der Waals surface area contributed by atoms with E-state index in [0.29, 0.717) is 6.42 Å². The molecule has 0 saturated heterocycles. The van der Waals surface area contributed by atoms with Crippen LogP contribution >= 0.6 is 11.6 Å². The monoisotopic (exact) mass is 346 g/mol. The first-order chi connectivity index (χ1) is 11.3. The highest BCUT2D eigenvalue weighted by atomic mass is 35.5. The maximum Gasteiger partial charge on any atom is 0.330 e. The Bertz CT molecular complexity index is 650. The van der Waals surface area contributed by atoms with E-state index >= 15 is 0 Å². The highest BCUT2D eigenvalue weighted by molar-refractivity contribution is 6.35. The predicted octanol–water partition coefficient (Wildman–Crippen LogP) is 3.76. The minimum atomic E-state index is -1.54. The summed E-state index contributed by atoms with van der Waals surface area (Å²) in [6, 6.07) is 19.2. The number of alkyl halides is 1. The predicted molar refractivity (Wildman–Crippen MR) is 96.1 cm³/mol. The van der Waals surface area contributed by atoms with Crippen molar-refractivity contribution in [3.8, 4) is 0 Å². The summed E-state index contributed by atoms with van der Waals surface area (Å²) in [5.74, 6) is -0.601. The summed E-state index contributed by atoms with van der Waals surface area (Å²) in [4.78, 5) is 11.1. The Morgan fingerprint density at radius 3 is 2.00 bits per heavy atom. The van der Waals surface area contributed by atoms with Gasteiger partial charge in [0.2, 0.25) is 0 Å². The first-order valence-electron chi connectivity index (χ1n) is 7.99. The van der Waals surface area contributed by atoms with Crippen LogP contribution in [0.2, 0.25) is 0 Å². The van der Waals surface area contributed by atoms with Gasteiger partial charge in [0, 0.05) is 12.8 Å². The molecule has 1 unspecified atom stereocenters. The summed E-state index contributed by atoms with van der Waals surface area (Å²) >= 11 is 6.56. The van der Waals surface area contributed by atoms with E-state index < -0.39 is 16.4 Å². The van der Waals surface area contributed by atoms with Gasteiger partial charge in [-0.15, -0.1) is 11.6 Å². The van der Waals surface area contributed by atoms with Crippen molar-refractivity contribution in [2.24, 2.45) is 0 Å². The zero-order valence-corrected chi connectivity index (χ0v) is 14.8. The van der Waals surface area contributed by atoms with Crippen molar-refractivity contribution in [2.75, 3.05) is 6.61 Å². The van der Waals surface area contributed by atoms with E-state index in [9.17, 15) is 9.90 Å². The van der Waals surface area contributed by atoms with Crippen molar-refractivity contribution in [1.82, 2.24) is 0 Å². The van der Waals surface area contributed by atoms with Crippen LogP contribution in [0, 0.1) is 0 Å². The Morgan fingerprint density at radius 1 is 1.00 bits per heavy atom. The highest BCUT2D eigenvalue weighted by Crippen LogP contribution is 2.34. The maximum atomic E-state index is 12.6. The number of halogens is 1. The van der Waals surface area contributed by atoms with Crippen LogP contribution < -0.4 is 0 Å². The van der Waals surface area contributed by atoms with Crippen LogP contribution in [0.1, 0.15) is 25.0 Å². The number of aliphatic hydroxyl groups is 1. The largest absolute Gasteiger partial charge is 0.464 e. The summed E-state index contributed by atoms with van der Waals surface area (Å²) in [6.07, 6.45) is 0.805. The molecule has 0 radical (unpaired) electrons. The molecule has 24 heavy (non-hydrogen) atoms. The van der Waals surface area contributed by atoms with Crippen molar-refractivity contribution in [3.63, 3.8) is 0 Å². The third-order valence-electron chi connectivity index (χ3n) is 4.05. The lowest BCUT2D eigenvalue weighted by Gasteiger charge is -2.36. The van der Waals surface area contributed by atoms with Gasteiger partial charge in [-0.2, -0.15) is 0 Å². The standard InChI is InChI=1S/C20H23ClO3/c1-19(2,23)20(21,15-17-11-7-4-8-12-17)18(22)24-14-13-16-9-5-3-6-10-16/h3-12,23H,13-15H2,1-2H3. The lowest BCUT2D eigenvalue weighted by atomic mass is 9.84. The molecular formula is C20H23ClO3. The van der Waals surface area contributed by atoms with Gasteiger partial charge >= 0.3 is 5.97 Å². The fraction of sp³-hybridized carbons (Fsp3) is 0.350. The molecule has 0 heterocycles. The quantitative estimate of drug-likeness (QED) is 0.613. The normalized spacial score (nSPS) is 14.0. The Labute approximate surface area is 148 Å². The van der Waals surface area contributed by atoms with Crippen LogP contribution in [-0.4, -0.2) is 28.2 Å². The molecule has 4 heteroatoms. The molecule has 0 aromatic heterocycles. The van der Waals surface area contributed by atoms with Crippen molar-refractivity contribution in [2.45, 2.75) is 37.2 Å². The summed E-state index contributed by atoms with van der Waals surface area (Å²) in [6.45, 7) is 3.28. The molecule has 1 N–H and O–H groups in total. The van der Waals surface area contributed by atoms with Crippen molar-refractivity contribution in [1.29, 1.82) is 0 Å². The highest BCUT2D eigenvalue weighted by Gasteiger charge is 2.50. The molecule has 128 valence electrons. The van der Waals surface area contributed by atoms with E-state index in [-0.39, 0.29) is 13.0 Å². The maximum absolute atomic E-state index is 12.6.